The lowest BCUT2D eigenvalue weighted by Gasteiger charge is -2.04. The van der Waals surface area contributed by atoms with Gasteiger partial charge in [-0.1, -0.05) is 41.1 Å². The third-order valence-electron chi connectivity index (χ3n) is 4.19. The molecule has 0 bridgehead atoms. The van der Waals surface area contributed by atoms with E-state index in [1.54, 1.807) is 23.9 Å². The first-order valence-corrected chi connectivity index (χ1v) is 9.95. The Balaban J connectivity index is 1.41. The topological polar surface area (TPSA) is 73.5 Å². The molecule has 0 saturated heterocycles. The zero-order valence-electron chi connectivity index (χ0n) is 15.6. The van der Waals surface area contributed by atoms with Crippen molar-refractivity contribution in [1.82, 2.24) is 29.8 Å². The van der Waals surface area contributed by atoms with E-state index in [1.807, 2.05) is 24.3 Å². The van der Waals surface area contributed by atoms with Gasteiger partial charge in [-0.2, -0.15) is 23.4 Å². The number of hydrogen-bond acceptors (Lipinski definition) is 6. The summed E-state index contributed by atoms with van der Waals surface area (Å²) in [5.41, 5.74) is 0.414. The molecule has 7 nitrogen and oxygen atoms in total. The van der Waals surface area contributed by atoms with Crippen molar-refractivity contribution in [2.45, 2.75) is 26.2 Å². The fourth-order valence-corrected chi connectivity index (χ4v) is 3.66. The van der Waals surface area contributed by atoms with Gasteiger partial charge in [0.2, 0.25) is 5.13 Å². The molecule has 4 aromatic rings. The van der Waals surface area contributed by atoms with Crippen LogP contribution in [0.5, 0.6) is 0 Å². The van der Waals surface area contributed by atoms with E-state index in [-0.39, 0.29) is 6.54 Å². The van der Waals surface area contributed by atoms with Gasteiger partial charge in [-0.25, -0.2) is 0 Å². The number of anilines is 2. The predicted octanol–water partition coefficient (Wildman–Crippen LogP) is 4.75. The number of nitrogens with zero attached hydrogens (tertiary/aromatic N) is 6. The van der Waals surface area contributed by atoms with Gasteiger partial charge in [0.05, 0.1) is 13.1 Å². The van der Waals surface area contributed by atoms with Crippen molar-refractivity contribution < 1.29 is 13.2 Å². The summed E-state index contributed by atoms with van der Waals surface area (Å²) < 4.78 is 41.4. The summed E-state index contributed by atoms with van der Waals surface area (Å²) in [6, 6.07) is 10.3. The second-order valence-corrected chi connectivity index (χ2v) is 7.91. The molecule has 0 unspecified atom stereocenters. The van der Waals surface area contributed by atoms with Gasteiger partial charge in [-0.05, 0) is 24.6 Å². The van der Waals surface area contributed by atoms with Gasteiger partial charge >= 0.3 is 6.18 Å². The van der Waals surface area contributed by atoms with Crippen LogP contribution in [0.1, 0.15) is 22.0 Å². The molecule has 1 aromatic carbocycles. The highest BCUT2D eigenvalue weighted by atomic mass is 35.5. The number of rotatable bonds is 6. The SMILES string of the molecule is Cc1cc(C(F)(F)F)nn1Cc1nnc(Nc2ccn(Cc3ccccc3Cl)n2)s1. The quantitative estimate of drug-likeness (QED) is 0.456. The Kier molecular flexibility index (Phi) is 5.48. The first kappa shape index (κ1) is 20.4. The smallest absolute Gasteiger partial charge is 0.313 e. The van der Waals surface area contributed by atoms with E-state index in [2.05, 4.69) is 25.7 Å². The standard InChI is InChI=1S/C18H15ClF3N7S/c1-11-8-14(18(20,21)22)26-29(11)10-16-24-25-17(30-16)23-15-6-7-28(27-15)9-12-4-2-3-5-13(12)19/h2-8H,9-10H2,1H3,(H,23,25,27). The lowest BCUT2D eigenvalue weighted by molar-refractivity contribution is -0.141. The van der Waals surface area contributed by atoms with E-state index in [4.69, 9.17) is 11.6 Å². The molecule has 1 N–H and O–H groups in total. The zero-order chi connectivity index (χ0) is 21.3. The fraction of sp³-hybridized carbons (Fsp3) is 0.222. The summed E-state index contributed by atoms with van der Waals surface area (Å²) in [5.74, 6) is 0.569. The first-order chi connectivity index (χ1) is 14.3. The highest BCUT2D eigenvalue weighted by molar-refractivity contribution is 7.15. The molecule has 0 aliphatic rings. The van der Waals surface area contributed by atoms with E-state index >= 15 is 0 Å². The van der Waals surface area contributed by atoms with Crippen molar-refractivity contribution in [2.24, 2.45) is 0 Å². The lowest BCUT2D eigenvalue weighted by Crippen LogP contribution is -2.09. The minimum atomic E-state index is -4.48. The monoisotopic (exact) mass is 453 g/mol. The summed E-state index contributed by atoms with van der Waals surface area (Å²) in [5, 5.41) is 20.8. The maximum atomic E-state index is 12.8. The zero-order valence-corrected chi connectivity index (χ0v) is 17.1. The number of nitrogens with one attached hydrogen (secondary N) is 1. The Morgan fingerprint density at radius 3 is 2.63 bits per heavy atom. The average molecular weight is 454 g/mol. The lowest BCUT2D eigenvalue weighted by atomic mass is 10.2. The van der Waals surface area contributed by atoms with Crippen LogP contribution in [0.15, 0.2) is 42.6 Å². The maximum absolute atomic E-state index is 12.8. The van der Waals surface area contributed by atoms with Crippen LogP contribution in [0.3, 0.4) is 0 Å². The predicted molar refractivity (Wildman–Crippen MR) is 107 cm³/mol. The van der Waals surface area contributed by atoms with E-state index < -0.39 is 11.9 Å². The molecule has 0 radical (unpaired) electrons. The summed E-state index contributed by atoms with van der Waals surface area (Å²) in [6.45, 7) is 2.18. The molecule has 0 spiro atoms. The molecule has 0 atom stereocenters. The molecule has 30 heavy (non-hydrogen) atoms. The Bertz CT molecular complexity index is 1160. The van der Waals surface area contributed by atoms with Gasteiger partial charge in [-0.15, -0.1) is 10.2 Å². The minimum absolute atomic E-state index is 0.0994. The Morgan fingerprint density at radius 1 is 1.10 bits per heavy atom. The Labute approximate surface area is 178 Å². The van der Waals surface area contributed by atoms with Crippen molar-refractivity contribution in [2.75, 3.05) is 5.32 Å². The van der Waals surface area contributed by atoms with Crippen LogP contribution >= 0.6 is 22.9 Å². The number of hydrogen-bond donors (Lipinski definition) is 1. The second kappa shape index (κ2) is 8.07. The van der Waals surface area contributed by atoms with Gasteiger partial charge in [0.25, 0.3) is 0 Å². The minimum Gasteiger partial charge on any atom is -0.313 e. The van der Waals surface area contributed by atoms with Crippen LogP contribution < -0.4 is 5.32 Å². The number of alkyl halides is 3. The Morgan fingerprint density at radius 2 is 1.90 bits per heavy atom. The molecule has 0 saturated carbocycles. The van der Waals surface area contributed by atoms with E-state index in [0.717, 1.165) is 11.6 Å². The number of halogens is 4. The summed E-state index contributed by atoms with van der Waals surface area (Å²) in [6.07, 6.45) is -2.67. The second-order valence-electron chi connectivity index (χ2n) is 6.44. The van der Waals surface area contributed by atoms with Gasteiger partial charge in [0, 0.05) is 23.0 Å². The van der Waals surface area contributed by atoms with Crippen LogP contribution in [0.25, 0.3) is 0 Å². The maximum Gasteiger partial charge on any atom is 0.435 e. The van der Waals surface area contributed by atoms with Gasteiger partial charge in [0.1, 0.15) is 5.01 Å². The molecule has 4 rings (SSSR count). The van der Waals surface area contributed by atoms with E-state index in [9.17, 15) is 13.2 Å². The van der Waals surface area contributed by atoms with Crippen LogP contribution in [0, 0.1) is 6.92 Å². The van der Waals surface area contributed by atoms with Crippen molar-refractivity contribution >= 4 is 33.9 Å². The third kappa shape index (κ3) is 4.62. The highest BCUT2D eigenvalue weighted by Gasteiger charge is 2.34. The molecular weight excluding hydrogens is 439 g/mol. The third-order valence-corrected chi connectivity index (χ3v) is 5.38. The van der Waals surface area contributed by atoms with Crippen molar-refractivity contribution in [3.63, 3.8) is 0 Å². The normalized spacial score (nSPS) is 11.8. The molecule has 0 aliphatic heterocycles. The molecule has 156 valence electrons. The number of aromatic nitrogens is 6. The van der Waals surface area contributed by atoms with Crippen LogP contribution in [-0.4, -0.2) is 29.8 Å². The Hall–Kier alpha value is -2.92. The largest absolute Gasteiger partial charge is 0.435 e. The number of benzene rings is 1. The summed E-state index contributed by atoms with van der Waals surface area (Å²) >= 11 is 7.39. The summed E-state index contributed by atoms with van der Waals surface area (Å²) in [4.78, 5) is 0. The van der Waals surface area contributed by atoms with Gasteiger partial charge in [-0.3, -0.25) is 9.36 Å². The van der Waals surface area contributed by atoms with Gasteiger partial charge < -0.3 is 5.32 Å². The molecule has 3 heterocycles. The molecule has 0 aliphatic carbocycles. The van der Waals surface area contributed by atoms with E-state index in [1.165, 1.54) is 16.0 Å². The first-order valence-electron chi connectivity index (χ1n) is 8.76. The molecular formula is C18H15ClF3N7S. The summed E-state index contributed by atoms with van der Waals surface area (Å²) in [7, 11) is 0. The van der Waals surface area contributed by atoms with Crippen molar-refractivity contribution in [1.29, 1.82) is 0 Å². The van der Waals surface area contributed by atoms with E-state index in [0.29, 0.717) is 33.2 Å². The molecule has 3 aromatic heterocycles. The number of aryl methyl sites for hydroxylation is 1. The van der Waals surface area contributed by atoms with Gasteiger partial charge in [0.15, 0.2) is 11.5 Å². The van der Waals surface area contributed by atoms with Crippen LogP contribution in [0.2, 0.25) is 5.02 Å². The molecule has 0 amide bonds. The highest BCUT2D eigenvalue weighted by Crippen LogP contribution is 2.29. The molecule has 12 heteroatoms. The van der Waals surface area contributed by atoms with Crippen LogP contribution in [-0.2, 0) is 19.3 Å². The van der Waals surface area contributed by atoms with Crippen molar-refractivity contribution in [3.8, 4) is 0 Å². The average Bonchev–Trinajstić information content (AvgIpc) is 3.39. The van der Waals surface area contributed by atoms with Crippen LogP contribution in [0.4, 0.5) is 24.1 Å². The van der Waals surface area contributed by atoms with Crippen molar-refractivity contribution in [3.05, 3.63) is 69.6 Å². The fourth-order valence-electron chi connectivity index (χ4n) is 2.73. The molecule has 0 fully saturated rings.